The van der Waals surface area contributed by atoms with Crippen LogP contribution >= 0.6 is 11.3 Å². The molecule has 3 aromatic rings. The van der Waals surface area contributed by atoms with Crippen LogP contribution in [0.2, 0.25) is 0 Å². The predicted molar refractivity (Wildman–Crippen MR) is 102 cm³/mol. The average Bonchev–Trinajstić information content (AvgIpc) is 3.07. The Balaban J connectivity index is 1.88. The van der Waals surface area contributed by atoms with Crippen molar-refractivity contribution in [3.8, 4) is 11.5 Å². The number of alkyl halides is 3. The van der Waals surface area contributed by atoms with Crippen molar-refractivity contribution in [2.75, 3.05) is 11.2 Å². The highest BCUT2D eigenvalue weighted by Gasteiger charge is 2.30. The zero-order valence-electron chi connectivity index (χ0n) is 14.4. The fourth-order valence-corrected chi connectivity index (χ4v) is 2.75. The van der Waals surface area contributed by atoms with E-state index in [0.29, 0.717) is 10.9 Å². The largest absolute Gasteiger partial charge is 0.457 e. The minimum Gasteiger partial charge on any atom is -0.457 e. The van der Waals surface area contributed by atoms with Crippen molar-refractivity contribution < 1.29 is 22.8 Å². The Morgan fingerprint density at radius 2 is 2.07 bits per heavy atom. The monoisotopic (exact) mass is 423 g/mol. The van der Waals surface area contributed by atoms with Crippen LogP contribution < -0.4 is 15.9 Å². The normalized spacial score (nSPS) is 11.6. The Hall–Kier alpha value is -3.67. The van der Waals surface area contributed by atoms with Crippen molar-refractivity contribution >= 4 is 34.2 Å². The number of nitrogens with two attached hydrogens (primary N) is 1. The Bertz CT molecular complexity index is 1070. The van der Waals surface area contributed by atoms with Crippen LogP contribution in [0.5, 0.6) is 11.5 Å². The number of nitrogens with zero attached hydrogens (tertiary/aromatic N) is 3. The molecule has 3 N–H and O–H groups in total. The lowest BCUT2D eigenvalue weighted by Crippen LogP contribution is -2.04. The maximum atomic E-state index is 12.9. The molecule has 150 valence electrons. The first-order chi connectivity index (χ1) is 13.7. The molecule has 2 aromatic carbocycles. The van der Waals surface area contributed by atoms with E-state index in [1.165, 1.54) is 47.9 Å². The van der Waals surface area contributed by atoms with Gasteiger partial charge in [-0.3, -0.25) is 15.5 Å². The maximum absolute atomic E-state index is 12.9. The summed E-state index contributed by atoms with van der Waals surface area (Å²) < 4.78 is 44.2. The molecular weight excluding hydrogens is 411 g/mol. The van der Waals surface area contributed by atoms with Crippen molar-refractivity contribution in [1.29, 1.82) is 0 Å². The van der Waals surface area contributed by atoms with Gasteiger partial charge in [-0.25, -0.2) is 4.98 Å². The van der Waals surface area contributed by atoms with Crippen LogP contribution in [0.1, 0.15) is 11.1 Å². The standard InChI is InChI=1S/C17H12F3N5O3S/c18-17(19,20)11-2-1-3-13(7-11)28-14-5-4-12(25(26)27)6-10(14)8-22-24-16-23-15(21)9-29-16/h1-9H,21H2,(H,23,24). The summed E-state index contributed by atoms with van der Waals surface area (Å²) in [7, 11) is 0. The molecule has 3 rings (SSSR count). The number of halogens is 3. The first kappa shape index (κ1) is 20.1. The number of anilines is 2. The zero-order chi connectivity index (χ0) is 21.0. The summed E-state index contributed by atoms with van der Waals surface area (Å²) in [6.07, 6.45) is -3.30. The van der Waals surface area contributed by atoms with E-state index in [0.717, 1.165) is 12.1 Å². The summed E-state index contributed by atoms with van der Waals surface area (Å²) in [5, 5.41) is 16.9. The number of nitro groups is 1. The van der Waals surface area contributed by atoms with E-state index in [4.69, 9.17) is 10.5 Å². The van der Waals surface area contributed by atoms with Crippen molar-refractivity contribution in [3.63, 3.8) is 0 Å². The lowest BCUT2D eigenvalue weighted by molar-refractivity contribution is -0.384. The molecule has 12 heteroatoms. The van der Waals surface area contributed by atoms with Gasteiger partial charge in [-0.15, -0.1) is 11.3 Å². The first-order valence-electron chi connectivity index (χ1n) is 7.86. The highest BCUT2D eigenvalue weighted by atomic mass is 32.1. The number of aromatic nitrogens is 1. The zero-order valence-corrected chi connectivity index (χ0v) is 15.2. The van der Waals surface area contributed by atoms with Crippen molar-refractivity contribution in [2.24, 2.45) is 5.10 Å². The minimum atomic E-state index is -4.53. The number of non-ortho nitro benzene ring substituents is 1. The third-order valence-electron chi connectivity index (χ3n) is 3.48. The van der Waals surface area contributed by atoms with E-state index in [-0.39, 0.29) is 22.7 Å². The third-order valence-corrected chi connectivity index (χ3v) is 4.24. The van der Waals surface area contributed by atoms with E-state index in [2.05, 4.69) is 15.5 Å². The maximum Gasteiger partial charge on any atom is 0.416 e. The Morgan fingerprint density at radius 1 is 1.28 bits per heavy atom. The second-order valence-corrected chi connectivity index (χ2v) is 6.41. The molecule has 0 bridgehead atoms. The molecule has 1 aromatic heterocycles. The molecule has 0 unspecified atom stereocenters. The van der Waals surface area contributed by atoms with Gasteiger partial charge in [0.1, 0.15) is 17.3 Å². The second kappa shape index (κ2) is 8.14. The molecule has 0 fully saturated rings. The van der Waals surface area contributed by atoms with E-state index < -0.39 is 16.7 Å². The SMILES string of the molecule is Nc1csc(NN=Cc2cc([N+](=O)[O-])ccc2Oc2cccc(C(F)(F)F)c2)n1. The van der Waals surface area contributed by atoms with Gasteiger partial charge in [-0.05, 0) is 24.3 Å². The number of hydrogen-bond acceptors (Lipinski definition) is 8. The molecule has 8 nitrogen and oxygen atoms in total. The molecule has 0 saturated heterocycles. The van der Waals surface area contributed by atoms with Gasteiger partial charge in [-0.1, -0.05) is 6.07 Å². The molecule has 1 heterocycles. The van der Waals surface area contributed by atoms with Crippen LogP contribution in [-0.4, -0.2) is 16.1 Å². The third kappa shape index (κ3) is 5.19. The van der Waals surface area contributed by atoms with E-state index in [1.807, 2.05) is 0 Å². The van der Waals surface area contributed by atoms with E-state index in [9.17, 15) is 23.3 Å². The van der Waals surface area contributed by atoms with E-state index in [1.54, 1.807) is 5.38 Å². The summed E-state index contributed by atoms with van der Waals surface area (Å²) >= 11 is 1.20. The van der Waals surface area contributed by atoms with Gasteiger partial charge in [0.15, 0.2) is 0 Å². The van der Waals surface area contributed by atoms with Crippen LogP contribution in [0, 0.1) is 10.1 Å². The van der Waals surface area contributed by atoms with Gasteiger partial charge in [0.2, 0.25) is 5.13 Å². The lowest BCUT2D eigenvalue weighted by atomic mass is 10.2. The average molecular weight is 423 g/mol. The highest BCUT2D eigenvalue weighted by molar-refractivity contribution is 7.14. The number of nitrogens with one attached hydrogen (secondary N) is 1. The number of benzene rings is 2. The molecule has 29 heavy (non-hydrogen) atoms. The Labute approximate surface area is 165 Å². The van der Waals surface area contributed by atoms with Crippen molar-refractivity contribution in [2.45, 2.75) is 6.18 Å². The van der Waals surface area contributed by atoms with Crippen LogP contribution in [0.3, 0.4) is 0 Å². The fourth-order valence-electron chi connectivity index (χ4n) is 2.20. The minimum absolute atomic E-state index is 0.0796. The summed E-state index contributed by atoms with van der Waals surface area (Å²) in [6.45, 7) is 0. The molecule has 0 atom stereocenters. The smallest absolute Gasteiger partial charge is 0.416 e. The molecule has 0 aliphatic heterocycles. The van der Waals surface area contributed by atoms with Gasteiger partial charge in [0, 0.05) is 23.1 Å². The van der Waals surface area contributed by atoms with E-state index >= 15 is 0 Å². The van der Waals surface area contributed by atoms with Crippen LogP contribution in [0.4, 0.5) is 29.8 Å². The second-order valence-electron chi connectivity index (χ2n) is 5.55. The Kier molecular flexibility index (Phi) is 5.64. The number of nitro benzene ring substituents is 1. The molecule has 0 spiro atoms. The van der Waals surface area contributed by atoms with Gasteiger partial charge < -0.3 is 10.5 Å². The Morgan fingerprint density at radius 3 is 2.72 bits per heavy atom. The molecule has 0 radical (unpaired) electrons. The molecular formula is C17H12F3N5O3S. The van der Waals surface area contributed by atoms with Crippen LogP contribution in [-0.2, 0) is 6.18 Å². The number of rotatable bonds is 6. The predicted octanol–water partition coefficient (Wildman–Crippen LogP) is 4.89. The quantitative estimate of drug-likeness (QED) is 0.331. The number of hydrazone groups is 1. The van der Waals surface area contributed by atoms with Crippen molar-refractivity contribution in [1.82, 2.24) is 4.98 Å². The fraction of sp³-hybridized carbons (Fsp3) is 0.0588. The highest BCUT2D eigenvalue weighted by Crippen LogP contribution is 2.34. The van der Waals surface area contributed by atoms with Crippen molar-refractivity contribution in [3.05, 3.63) is 69.1 Å². The summed E-state index contributed by atoms with van der Waals surface area (Å²) in [5.41, 5.74) is 7.17. The number of nitrogen functional groups attached to an aromatic ring is 1. The lowest BCUT2D eigenvalue weighted by Gasteiger charge is -2.11. The number of thiazole rings is 1. The summed E-state index contributed by atoms with van der Waals surface area (Å²) in [4.78, 5) is 14.4. The molecule has 0 aliphatic rings. The van der Waals surface area contributed by atoms with Gasteiger partial charge in [0.05, 0.1) is 16.7 Å². The number of ether oxygens (including phenoxy) is 1. The molecule has 0 aliphatic carbocycles. The summed E-state index contributed by atoms with van der Waals surface area (Å²) in [6, 6.07) is 7.92. The van der Waals surface area contributed by atoms with Gasteiger partial charge in [-0.2, -0.15) is 18.3 Å². The molecule has 0 saturated carbocycles. The number of hydrogen-bond donors (Lipinski definition) is 2. The van der Waals surface area contributed by atoms with Gasteiger partial charge >= 0.3 is 6.18 Å². The summed E-state index contributed by atoms with van der Waals surface area (Å²) in [5.74, 6) is 0.305. The topological polar surface area (TPSA) is 116 Å². The van der Waals surface area contributed by atoms with Gasteiger partial charge in [0.25, 0.3) is 5.69 Å². The van der Waals surface area contributed by atoms with Crippen LogP contribution in [0.15, 0.2) is 52.9 Å². The molecule has 0 amide bonds. The first-order valence-corrected chi connectivity index (χ1v) is 8.74. The van der Waals surface area contributed by atoms with Crippen LogP contribution in [0.25, 0.3) is 0 Å².